The molecule has 110 valence electrons. The van der Waals surface area contributed by atoms with Crippen LogP contribution >= 0.6 is 0 Å². The van der Waals surface area contributed by atoms with E-state index in [1.54, 1.807) is 30.3 Å². The average molecular weight is 286 g/mol. The quantitative estimate of drug-likeness (QED) is 0.596. The highest BCUT2D eigenvalue weighted by Crippen LogP contribution is 2.24. The number of hydrogen-bond donors (Lipinski definition) is 3. The molecule has 0 aliphatic heterocycles. The van der Waals surface area contributed by atoms with Gasteiger partial charge in [-0.25, -0.2) is 0 Å². The van der Waals surface area contributed by atoms with Crippen LogP contribution in [0.4, 0.5) is 11.4 Å². The van der Waals surface area contributed by atoms with Crippen molar-refractivity contribution >= 4 is 17.3 Å². The lowest BCUT2D eigenvalue weighted by molar-refractivity contribution is 0.102. The lowest BCUT2D eigenvalue weighted by Gasteiger charge is -2.12. The number of anilines is 2. The molecular weight excluding hydrogens is 268 g/mol. The van der Waals surface area contributed by atoms with Crippen LogP contribution in [-0.2, 0) is 0 Å². The molecule has 0 radical (unpaired) electrons. The molecule has 2 rings (SSSR count). The van der Waals surface area contributed by atoms with Crippen LogP contribution in [0, 0.1) is 0 Å². The second kappa shape index (κ2) is 6.17. The average Bonchev–Trinajstić information content (AvgIpc) is 2.41. The Hall–Kier alpha value is -2.69. The van der Waals surface area contributed by atoms with Gasteiger partial charge in [0, 0.05) is 11.6 Å². The van der Waals surface area contributed by atoms with Gasteiger partial charge in [-0.3, -0.25) is 4.79 Å². The zero-order valence-corrected chi connectivity index (χ0v) is 12.0. The minimum absolute atomic E-state index is 0.0380. The second-order valence-corrected chi connectivity index (χ2v) is 4.92. The summed E-state index contributed by atoms with van der Waals surface area (Å²) in [5.74, 6) is 0.399. The standard InChI is InChI=1S/C16H18N2O3/c1-10(2)21-13-5-3-4-11(8-13)16(20)18-15-7-6-12(19)9-14(15)17/h3-10,19H,17H2,1-2H3,(H,18,20). The molecule has 0 bridgehead atoms. The van der Waals surface area contributed by atoms with Gasteiger partial charge in [0.05, 0.1) is 17.5 Å². The molecular formula is C16H18N2O3. The molecule has 5 heteroatoms. The fourth-order valence-electron chi connectivity index (χ4n) is 1.84. The summed E-state index contributed by atoms with van der Waals surface area (Å²) < 4.78 is 5.56. The van der Waals surface area contributed by atoms with Crippen molar-refractivity contribution in [2.45, 2.75) is 20.0 Å². The first-order valence-electron chi connectivity index (χ1n) is 6.62. The minimum Gasteiger partial charge on any atom is -0.508 e. The number of nitrogens with two attached hydrogens (primary N) is 1. The Labute approximate surface area is 123 Å². The van der Waals surface area contributed by atoms with E-state index in [0.717, 1.165) is 0 Å². The molecule has 4 N–H and O–H groups in total. The van der Waals surface area contributed by atoms with Crippen molar-refractivity contribution in [1.29, 1.82) is 0 Å². The number of ether oxygens (including phenoxy) is 1. The molecule has 0 aliphatic rings. The zero-order chi connectivity index (χ0) is 15.4. The number of amides is 1. The summed E-state index contributed by atoms with van der Waals surface area (Å²) in [6.07, 6.45) is 0.0380. The molecule has 0 saturated heterocycles. The van der Waals surface area contributed by atoms with Crippen molar-refractivity contribution in [2.24, 2.45) is 0 Å². The van der Waals surface area contributed by atoms with E-state index in [0.29, 0.717) is 22.7 Å². The molecule has 2 aromatic carbocycles. The van der Waals surface area contributed by atoms with Crippen molar-refractivity contribution in [3.8, 4) is 11.5 Å². The fourth-order valence-corrected chi connectivity index (χ4v) is 1.84. The normalized spacial score (nSPS) is 10.4. The van der Waals surface area contributed by atoms with Gasteiger partial charge in [0.25, 0.3) is 5.91 Å². The Balaban J connectivity index is 2.16. The molecule has 0 aliphatic carbocycles. The highest BCUT2D eigenvalue weighted by atomic mass is 16.5. The number of carbonyl (C=O) groups is 1. The highest BCUT2D eigenvalue weighted by Gasteiger charge is 2.10. The number of rotatable bonds is 4. The lowest BCUT2D eigenvalue weighted by atomic mass is 10.2. The van der Waals surface area contributed by atoms with Crippen molar-refractivity contribution < 1.29 is 14.6 Å². The molecule has 0 atom stereocenters. The van der Waals surface area contributed by atoms with Crippen LogP contribution in [0.2, 0.25) is 0 Å². The van der Waals surface area contributed by atoms with E-state index >= 15 is 0 Å². The molecule has 0 heterocycles. The molecule has 5 nitrogen and oxygen atoms in total. The van der Waals surface area contributed by atoms with Gasteiger partial charge in [-0.1, -0.05) is 6.07 Å². The smallest absolute Gasteiger partial charge is 0.255 e. The Morgan fingerprint density at radius 2 is 2.00 bits per heavy atom. The number of aromatic hydroxyl groups is 1. The highest BCUT2D eigenvalue weighted by molar-refractivity contribution is 6.06. The number of nitrogen functional groups attached to an aromatic ring is 1. The van der Waals surface area contributed by atoms with Gasteiger partial charge in [-0.05, 0) is 44.2 Å². The second-order valence-electron chi connectivity index (χ2n) is 4.92. The van der Waals surface area contributed by atoms with Crippen molar-refractivity contribution in [2.75, 3.05) is 11.1 Å². The molecule has 2 aromatic rings. The molecule has 1 amide bonds. The van der Waals surface area contributed by atoms with Crippen LogP contribution in [-0.4, -0.2) is 17.1 Å². The van der Waals surface area contributed by atoms with E-state index in [-0.39, 0.29) is 17.8 Å². The largest absolute Gasteiger partial charge is 0.508 e. The van der Waals surface area contributed by atoms with Gasteiger partial charge in [0.1, 0.15) is 11.5 Å². The predicted molar refractivity (Wildman–Crippen MR) is 82.7 cm³/mol. The first-order chi connectivity index (χ1) is 9.95. The first-order valence-corrected chi connectivity index (χ1v) is 6.62. The van der Waals surface area contributed by atoms with Crippen LogP contribution in [0.15, 0.2) is 42.5 Å². The minimum atomic E-state index is -0.290. The van der Waals surface area contributed by atoms with E-state index in [9.17, 15) is 9.90 Å². The number of phenols is 1. The molecule has 0 spiro atoms. The Bertz CT molecular complexity index is 654. The number of phenolic OH excluding ortho intramolecular Hbond substituents is 1. The van der Waals surface area contributed by atoms with Crippen molar-refractivity contribution in [1.82, 2.24) is 0 Å². The Morgan fingerprint density at radius 3 is 2.67 bits per heavy atom. The maximum atomic E-state index is 12.2. The maximum absolute atomic E-state index is 12.2. The summed E-state index contributed by atoms with van der Waals surface area (Å²) in [5.41, 5.74) is 6.97. The molecule has 0 unspecified atom stereocenters. The number of benzene rings is 2. The number of hydrogen-bond acceptors (Lipinski definition) is 4. The van der Waals surface area contributed by atoms with Gasteiger partial charge in [0.15, 0.2) is 0 Å². The van der Waals surface area contributed by atoms with Gasteiger partial charge in [-0.15, -0.1) is 0 Å². The number of carbonyl (C=O) groups excluding carboxylic acids is 1. The first kappa shape index (κ1) is 14.7. The summed E-state index contributed by atoms with van der Waals surface area (Å²) in [6, 6.07) is 11.3. The summed E-state index contributed by atoms with van der Waals surface area (Å²) in [7, 11) is 0. The summed E-state index contributed by atoms with van der Waals surface area (Å²) in [6.45, 7) is 3.84. The van der Waals surface area contributed by atoms with E-state index in [1.807, 2.05) is 13.8 Å². The van der Waals surface area contributed by atoms with Gasteiger partial charge in [-0.2, -0.15) is 0 Å². The van der Waals surface area contributed by atoms with E-state index in [4.69, 9.17) is 10.5 Å². The summed E-state index contributed by atoms with van der Waals surface area (Å²) in [4.78, 5) is 12.2. The van der Waals surface area contributed by atoms with Gasteiger partial charge < -0.3 is 20.9 Å². The van der Waals surface area contributed by atoms with Gasteiger partial charge in [0.2, 0.25) is 0 Å². The maximum Gasteiger partial charge on any atom is 0.255 e. The van der Waals surface area contributed by atoms with Crippen LogP contribution < -0.4 is 15.8 Å². The van der Waals surface area contributed by atoms with E-state index in [1.165, 1.54) is 12.1 Å². The molecule has 21 heavy (non-hydrogen) atoms. The van der Waals surface area contributed by atoms with Crippen LogP contribution in [0.5, 0.6) is 11.5 Å². The summed E-state index contributed by atoms with van der Waals surface area (Å²) in [5, 5.41) is 12.0. The fraction of sp³-hybridized carbons (Fsp3) is 0.188. The molecule has 0 fully saturated rings. The monoisotopic (exact) mass is 286 g/mol. The van der Waals surface area contributed by atoms with Crippen LogP contribution in [0.1, 0.15) is 24.2 Å². The number of nitrogens with one attached hydrogen (secondary N) is 1. The topological polar surface area (TPSA) is 84.6 Å². The Kier molecular flexibility index (Phi) is 4.33. The van der Waals surface area contributed by atoms with Crippen LogP contribution in [0.25, 0.3) is 0 Å². The van der Waals surface area contributed by atoms with Crippen LogP contribution in [0.3, 0.4) is 0 Å². The third-order valence-electron chi connectivity index (χ3n) is 2.75. The predicted octanol–water partition coefficient (Wildman–Crippen LogP) is 3.01. The lowest BCUT2D eigenvalue weighted by Crippen LogP contribution is -2.13. The Morgan fingerprint density at radius 1 is 1.24 bits per heavy atom. The van der Waals surface area contributed by atoms with E-state index in [2.05, 4.69) is 5.32 Å². The molecule has 0 saturated carbocycles. The third kappa shape index (κ3) is 3.89. The molecule has 0 aromatic heterocycles. The SMILES string of the molecule is CC(C)Oc1cccc(C(=O)Nc2ccc(O)cc2N)c1. The van der Waals surface area contributed by atoms with E-state index < -0.39 is 0 Å². The van der Waals surface area contributed by atoms with Crippen molar-refractivity contribution in [3.63, 3.8) is 0 Å². The third-order valence-corrected chi connectivity index (χ3v) is 2.75. The zero-order valence-electron chi connectivity index (χ0n) is 12.0. The van der Waals surface area contributed by atoms with Gasteiger partial charge >= 0.3 is 0 Å². The van der Waals surface area contributed by atoms with Crippen molar-refractivity contribution in [3.05, 3.63) is 48.0 Å². The summed E-state index contributed by atoms with van der Waals surface area (Å²) >= 11 is 0.